The first-order chi connectivity index (χ1) is 10.1. The SMILES string of the molecule is CN1CCN(C(=O)c2sc(N3CCOCC3)nc2N)CC1. The van der Waals surface area contributed by atoms with E-state index in [1.54, 1.807) is 0 Å². The Morgan fingerprint density at radius 1 is 1.19 bits per heavy atom. The molecular formula is C13H21N5O2S. The summed E-state index contributed by atoms with van der Waals surface area (Å²) in [6.07, 6.45) is 0. The topological polar surface area (TPSA) is 74.9 Å². The molecule has 116 valence electrons. The van der Waals surface area contributed by atoms with E-state index in [1.165, 1.54) is 11.3 Å². The fraction of sp³-hybridized carbons (Fsp3) is 0.692. The minimum atomic E-state index is 0.0117. The molecule has 21 heavy (non-hydrogen) atoms. The number of hydrogen-bond acceptors (Lipinski definition) is 7. The van der Waals surface area contributed by atoms with Gasteiger partial charge in [-0.15, -0.1) is 0 Å². The van der Waals surface area contributed by atoms with E-state index in [2.05, 4.69) is 21.8 Å². The number of nitrogens with two attached hydrogens (primary N) is 1. The van der Waals surface area contributed by atoms with Crippen LogP contribution < -0.4 is 10.6 Å². The molecule has 0 aromatic carbocycles. The van der Waals surface area contributed by atoms with Crippen molar-refractivity contribution in [2.24, 2.45) is 0 Å². The van der Waals surface area contributed by atoms with E-state index in [-0.39, 0.29) is 5.91 Å². The molecule has 1 aromatic heterocycles. The van der Waals surface area contributed by atoms with Gasteiger partial charge in [-0.2, -0.15) is 0 Å². The fourth-order valence-electron chi connectivity index (χ4n) is 2.52. The number of hydrogen-bond donors (Lipinski definition) is 1. The zero-order valence-corrected chi connectivity index (χ0v) is 13.1. The highest BCUT2D eigenvalue weighted by atomic mass is 32.1. The van der Waals surface area contributed by atoms with Crippen LogP contribution in [0.25, 0.3) is 0 Å². The lowest BCUT2D eigenvalue weighted by Crippen LogP contribution is -2.47. The summed E-state index contributed by atoms with van der Waals surface area (Å²) in [5.41, 5.74) is 5.97. The number of carbonyl (C=O) groups excluding carboxylic acids is 1. The Bertz CT molecular complexity index is 507. The highest BCUT2D eigenvalue weighted by Gasteiger charge is 2.26. The molecule has 2 saturated heterocycles. The van der Waals surface area contributed by atoms with Crippen LogP contribution in [0.1, 0.15) is 9.67 Å². The first kappa shape index (κ1) is 14.6. The molecule has 8 heteroatoms. The van der Waals surface area contributed by atoms with Crippen molar-refractivity contribution in [1.82, 2.24) is 14.8 Å². The molecule has 0 saturated carbocycles. The average molecular weight is 311 g/mol. The number of ether oxygens (including phenoxy) is 1. The zero-order valence-electron chi connectivity index (χ0n) is 12.2. The number of piperazine rings is 1. The summed E-state index contributed by atoms with van der Waals surface area (Å²) in [6.45, 7) is 6.30. The first-order valence-electron chi connectivity index (χ1n) is 7.22. The maximum Gasteiger partial charge on any atom is 0.267 e. The van der Waals surface area contributed by atoms with Crippen LogP contribution >= 0.6 is 11.3 Å². The van der Waals surface area contributed by atoms with E-state index in [0.29, 0.717) is 23.9 Å². The largest absolute Gasteiger partial charge is 0.382 e. The highest BCUT2D eigenvalue weighted by Crippen LogP contribution is 2.29. The van der Waals surface area contributed by atoms with Gasteiger partial charge in [0, 0.05) is 39.3 Å². The molecule has 2 aliphatic rings. The fourth-order valence-corrected chi connectivity index (χ4v) is 3.52. The van der Waals surface area contributed by atoms with Gasteiger partial charge in [-0.05, 0) is 7.05 Å². The van der Waals surface area contributed by atoms with Crippen molar-refractivity contribution in [1.29, 1.82) is 0 Å². The third kappa shape index (κ3) is 3.12. The summed E-state index contributed by atoms with van der Waals surface area (Å²) >= 11 is 1.40. The van der Waals surface area contributed by atoms with Gasteiger partial charge in [0.2, 0.25) is 0 Å². The molecule has 0 bridgehead atoms. The maximum atomic E-state index is 12.6. The second kappa shape index (κ2) is 6.17. The Morgan fingerprint density at radius 3 is 2.52 bits per heavy atom. The van der Waals surface area contributed by atoms with Gasteiger partial charge in [0.25, 0.3) is 5.91 Å². The Balaban J connectivity index is 1.72. The summed E-state index contributed by atoms with van der Waals surface area (Å²) in [5, 5.41) is 0.827. The lowest BCUT2D eigenvalue weighted by atomic mass is 10.3. The Morgan fingerprint density at radius 2 is 1.86 bits per heavy atom. The van der Waals surface area contributed by atoms with Crippen LogP contribution in [0.15, 0.2) is 0 Å². The molecular weight excluding hydrogens is 290 g/mol. The number of morpholine rings is 1. The van der Waals surface area contributed by atoms with Gasteiger partial charge in [0.05, 0.1) is 13.2 Å². The van der Waals surface area contributed by atoms with Gasteiger partial charge < -0.3 is 25.2 Å². The zero-order chi connectivity index (χ0) is 14.8. The summed E-state index contributed by atoms with van der Waals surface area (Å²) in [7, 11) is 2.07. The molecule has 7 nitrogen and oxygen atoms in total. The lowest BCUT2D eigenvalue weighted by molar-refractivity contribution is 0.0670. The van der Waals surface area contributed by atoms with Crippen molar-refractivity contribution >= 4 is 28.2 Å². The van der Waals surface area contributed by atoms with E-state index in [1.807, 2.05) is 4.90 Å². The van der Waals surface area contributed by atoms with Gasteiger partial charge in [-0.25, -0.2) is 4.98 Å². The number of anilines is 2. The molecule has 3 heterocycles. The van der Waals surface area contributed by atoms with Crippen LogP contribution in [0.3, 0.4) is 0 Å². The van der Waals surface area contributed by atoms with Crippen molar-refractivity contribution in [2.45, 2.75) is 0 Å². The minimum absolute atomic E-state index is 0.0117. The molecule has 1 aromatic rings. The van der Waals surface area contributed by atoms with Gasteiger partial charge in [-0.1, -0.05) is 11.3 Å². The predicted octanol–water partition coefficient (Wildman–Crippen LogP) is -0.0505. The minimum Gasteiger partial charge on any atom is -0.382 e. The molecule has 0 aliphatic carbocycles. The standard InChI is InChI=1S/C13H21N5O2S/c1-16-2-4-17(5-3-16)12(19)10-11(14)15-13(21-10)18-6-8-20-9-7-18/h2-9,14H2,1H3. The third-order valence-corrected chi connectivity index (χ3v) is 5.03. The van der Waals surface area contributed by atoms with Crippen molar-refractivity contribution in [3.63, 3.8) is 0 Å². The number of nitrogens with zero attached hydrogens (tertiary/aromatic N) is 4. The van der Waals surface area contributed by atoms with E-state index in [0.717, 1.165) is 44.4 Å². The predicted molar refractivity (Wildman–Crippen MR) is 83.0 cm³/mol. The number of amides is 1. The number of thiazole rings is 1. The molecule has 0 spiro atoms. The van der Waals surface area contributed by atoms with Crippen LogP contribution in [0.5, 0.6) is 0 Å². The van der Waals surface area contributed by atoms with E-state index in [4.69, 9.17) is 10.5 Å². The molecule has 0 radical (unpaired) electrons. The first-order valence-corrected chi connectivity index (χ1v) is 8.03. The summed E-state index contributed by atoms with van der Waals surface area (Å²) in [4.78, 5) is 23.7. The quantitative estimate of drug-likeness (QED) is 0.825. The molecule has 3 rings (SSSR count). The van der Waals surface area contributed by atoms with Crippen molar-refractivity contribution in [2.75, 3.05) is 70.2 Å². The normalized spacial score (nSPS) is 20.8. The maximum absolute atomic E-state index is 12.6. The van der Waals surface area contributed by atoms with Crippen LogP contribution in [-0.4, -0.2) is 80.2 Å². The Hall–Kier alpha value is -1.38. The van der Waals surface area contributed by atoms with Crippen molar-refractivity contribution in [3.05, 3.63) is 4.88 Å². The summed E-state index contributed by atoms with van der Waals surface area (Å²) in [5.74, 6) is 0.364. The molecule has 0 atom stereocenters. The van der Waals surface area contributed by atoms with E-state index < -0.39 is 0 Å². The summed E-state index contributed by atoms with van der Waals surface area (Å²) in [6, 6.07) is 0. The number of nitrogen functional groups attached to an aromatic ring is 1. The van der Waals surface area contributed by atoms with Gasteiger partial charge in [0.15, 0.2) is 5.13 Å². The van der Waals surface area contributed by atoms with Gasteiger partial charge >= 0.3 is 0 Å². The Labute approximate surface area is 128 Å². The second-order valence-electron chi connectivity index (χ2n) is 5.41. The van der Waals surface area contributed by atoms with E-state index in [9.17, 15) is 4.79 Å². The number of rotatable bonds is 2. The van der Waals surface area contributed by atoms with Crippen LogP contribution in [0, 0.1) is 0 Å². The third-order valence-electron chi connectivity index (χ3n) is 3.91. The number of aromatic nitrogens is 1. The van der Waals surface area contributed by atoms with Crippen LogP contribution in [-0.2, 0) is 4.74 Å². The van der Waals surface area contributed by atoms with Crippen LogP contribution in [0.2, 0.25) is 0 Å². The second-order valence-corrected chi connectivity index (χ2v) is 6.38. The summed E-state index contributed by atoms with van der Waals surface area (Å²) < 4.78 is 5.34. The average Bonchev–Trinajstić information content (AvgIpc) is 2.90. The molecule has 2 fully saturated rings. The van der Waals surface area contributed by atoms with Gasteiger partial charge in [-0.3, -0.25) is 4.79 Å². The van der Waals surface area contributed by atoms with E-state index >= 15 is 0 Å². The number of carbonyl (C=O) groups is 1. The molecule has 2 aliphatic heterocycles. The van der Waals surface area contributed by atoms with Crippen molar-refractivity contribution in [3.8, 4) is 0 Å². The highest BCUT2D eigenvalue weighted by molar-refractivity contribution is 7.18. The Kier molecular flexibility index (Phi) is 4.27. The van der Waals surface area contributed by atoms with Gasteiger partial charge in [0.1, 0.15) is 10.7 Å². The lowest BCUT2D eigenvalue weighted by Gasteiger charge is -2.32. The number of likely N-dealkylation sites (N-methyl/N-ethyl adjacent to an activating group) is 1. The van der Waals surface area contributed by atoms with Crippen LogP contribution in [0.4, 0.5) is 10.9 Å². The monoisotopic (exact) mass is 311 g/mol. The molecule has 2 N–H and O–H groups in total. The molecule has 1 amide bonds. The van der Waals surface area contributed by atoms with Crippen molar-refractivity contribution < 1.29 is 9.53 Å². The molecule has 0 unspecified atom stereocenters. The smallest absolute Gasteiger partial charge is 0.267 e.